The van der Waals surface area contributed by atoms with Crippen LogP contribution >= 0.6 is 0 Å². The van der Waals surface area contributed by atoms with Crippen LogP contribution in [0, 0.1) is 0 Å². The van der Waals surface area contributed by atoms with Crippen LogP contribution in [0.5, 0.6) is 5.75 Å². The maximum atomic E-state index is 5.50. The zero-order chi connectivity index (χ0) is 8.55. The van der Waals surface area contributed by atoms with E-state index in [1.54, 1.807) is 0 Å². The molecule has 0 radical (unpaired) electrons. The quantitative estimate of drug-likeness (QED) is 0.663. The summed E-state index contributed by atoms with van der Waals surface area (Å²) in [6.45, 7) is 5.79. The van der Waals surface area contributed by atoms with Gasteiger partial charge >= 0.3 is 0 Å². The molecule has 0 unspecified atom stereocenters. The number of fused-ring (bicyclic) bond motifs is 1. The van der Waals surface area contributed by atoms with Crippen LogP contribution in [0.2, 0.25) is 0 Å². The fraction of sp³-hybridized carbons (Fsp3) is 0.625. The van der Waals surface area contributed by atoms with Gasteiger partial charge in [0.25, 0.3) is 0 Å². The lowest BCUT2D eigenvalue weighted by atomic mass is 10.1. The highest BCUT2D eigenvalue weighted by Gasteiger charge is 2.19. The van der Waals surface area contributed by atoms with Gasteiger partial charge in [-0.2, -0.15) is 5.10 Å². The van der Waals surface area contributed by atoms with Gasteiger partial charge in [0, 0.05) is 5.92 Å². The van der Waals surface area contributed by atoms with Crippen LogP contribution < -0.4 is 10.1 Å². The van der Waals surface area contributed by atoms with Crippen molar-refractivity contribution >= 4 is 5.82 Å². The van der Waals surface area contributed by atoms with Crippen molar-refractivity contribution in [3.63, 3.8) is 0 Å². The molecule has 0 fully saturated rings. The molecule has 4 heteroatoms. The molecule has 66 valence electrons. The minimum atomic E-state index is 0.407. The Bertz CT molecular complexity index is 280. The highest BCUT2D eigenvalue weighted by atomic mass is 16.5. The van der Waals surface area contributed by atoms with Crippen molar-refractivity contribution in [2.24, 2.45) is 0 Å². The van der Waals surface area contributed by atoms with Crippen LogP contribution in [0.3, 0.4) is 0 Å². The molecule has 0 bridgehead atoms. The summed E-state index contributed by atoms with van der Waals surface area (Å²) in [4.78, 5) is 0. The number of nitrogens with zero attached hydrogens (tertiary/aromatic N) is 1. The molecule has 0 amide bonds. The molecule has 2 heterocycles. The molecule has 0 atom stereocenters. The van der Waals surface area contributed by atoms with Gasteiger partial charge in [-0.1, -0.05) is 13.8 Å². The minimum absolute atomic E-state index is 0.407. The summed E-state index contributed by atoms with van der Waals surface area (Å²) in [5.41, 5.74) is 1.01. The number of nitrogens with one attached hydrogen (secondary N) is 2. The number of ether oxygens (including phenoxy) is 1. The molecule has 1 aliphatic rings. The van der Waals surface area contributed by atoms with Crippen molar-refractivity contribution < 1.29 is 4.74 Å². The SMILES string of the molecule is CC(C)c1n[nH]c2c1OCCN2. The summed E-state index contributed by atoms with van der Waals surface area (Å²) < 4.78 is 5.50. The maximum absolute atomic E-state index is 5.50. The first-order valence-electron chi connectivity index (χ1n) is 4.24. The van der Waals surface area contributed by atoms with Crippen molar-refractivity contribution in [3.05, 3.63) is 5.69 Å². The minimum Gasteiger partial charge on any atom is -0.486 e. The number of anilines is 1. The largest absolute Gasteiger partial charge is 0.486 e. The van der Waals surface area contributed by atoms with Crippen molar-refractivity contribution in [3.8, 4) is 5.75 Å². The van der Waals surface area contributed by atoms with Crippen molar-refractivity contribution in [1.29, 1.82) is 0 Å². The molecule has 2 N–H and O–H groups in total. The first-order chi connectivity index (χ1) is 5.79. The van der Waals surface area contributed by atoms with E-state index in [4.69, 9.17) is 4.74 Å². The molecule has 1 aliphatic heterocycles. The molecular formula is C8H13N3O. The lowest BCUT2D eigenvalue weighted by molar-refractivity contribution is 0.319. The van der Waals surface area contributed by atoms with E-state index in [2.05, 4.69) is 29.4 Å². The van der Waals surface area contributed by atoms with Gasteiger partial charge in [-0.15, -0.1) is 0 Å². The smallest absolute Gasteiger partial charge is 0.184 e. The molecular weight excluding hydrogens is 154 g/mol. The summed E-state index contributed by atoms with van der Waals surface area (Å²) in [6.07, 6.45) is 0. The zero-order valence-corrected chi connectivity index (χ0v) is 7.35. The second-order valence-electron chi connectivity index (χ2n) is 3.24. The molecule has 0 saturated carbocycles. The Morgan fingerprint density at radius 2 is 2.33 bits per heavy atom. The van der Waals surface area contributed by atoms with Gasteiger partial charge in [0.15, 0.2) is 11.6 Å². The number of aromatic amines is 1. The van der Waals surface area contributed by atoms with E-state index >= 15 is 0 Å². The average Bonchev–Trinajstić information content (AvgIpc) is 2.47. The summed E-state index contributed by atoms with van der Waals surface area (Å²) in [6, 6.07) is 0. The molecule has 0 saturated heterocycles. The third kappa shape index (κ3) is 1.03. The van der Waals surface area contributed by atoms with E-state index in [1.165, 1.54) is 0 Å². The van der Waals surface area contributed by atoms with Crippen LogP contribution in [0.1, 0.15) is 25.5 Å². The van der Waals surface area contributed by atoms with E-state index in [-0.39, 0.29) is 0 Å². The summed E-state index contributed by atoms with van der Waals surface area (Å²) in [7, 11) is 0. The van der Waals surface area contributed by atoms with E-state index in [0.717, 1.165) is 30.4 Å². The Kier molecular flexibility index (Phi) is 1.67. The van der Waals surface area contributed by atoms with Gasteiger partial charge in [-0.05, 0) is 0 Å². The fourth-order valence-electron chi connectivity index (χ4n) is 1.33. The summed E-state index contributed by atoms with van der Waals surface area (Å²) in [5.74, 6) is 2.23. The van der Waals surface area contributed by atoms with Gasteiger partial charge in [-0.25, -0.2) is 0 Å². The molecule has 4 nitrogen and oxygen atoms in total. The Labute approximate surface area is 71.3 Å². The fourth-order valence-corrected chi connectivity index (χ4v) is 1.33. The molecule has 0 aromatic carbocycles. The number of rotatable bonds is 1. The Balaban J connectivity index is 2.38. The van der Waals surface area contributed by atoms with Gasteiger partial charge < -0.3 is 10.1 Å². The Hall–Kier alpha value is -1.19. The van der Waals surface area contributed by atoms with Crippen molar-refractivity contribution in [2.75, 3.05) is 18.5 Å². The van der Waals surface area contributed by atoms with Crippen LogP contribution in [0.4, 0.5) is 5.82 Å². The first-order valence-corrected chi connectivity index (χ1v) is 4.24. The average molecular weight is 167 g/mol. The van der Waals surface area contributed by atoms with Crippen LogP contribution in [-0.2, 0) is 0 Å². The van der Waals surface area contributed by atoms with E-state index in [1.807, 2.05) is 0 Å². The van der Waals surface area contributed by atoms with Crippen molar-refractivity contribution in [1.82, 2.24) is 10.2 Å². The summed E-state index contributed by atoms with van der Waals surface area (Å²) >= 11 is 0. The highest BCUT2D eigenvalue weighted by molar-refractivity contribution is 5.54. The van der Waals surface area contributed by atoms with Gasteiger partial charge in [0.1, 0.15) is 12.3 Å². The second kappa shape index (κ2) is 2.69. The second-order valence-corrected chi connectivity index (χ2v) is 3.24. The predicted molar refractivity (Wildman–Crippen MR) is 46.7 cm³/mol. The van der Waals surface area contributed by atoms with E-state index < -0.39 is 0 Å². The first kappa shape index (κ1) is 7.46. The lowest BCUT2D eigenvalue weighted by Gasteiger charge is -2.15. The molecule has 12 heavy (non-hydrogen) atoms. The highest BCUT2D eigenvalue weighted by Crippen LogP contribution is 2.32. The number of hydrogen-bond donors (Lipinski definition) is 2. The van der Waals surface area contributed by atoms with Crippen LogP contribution in [0.25, 0.3) is 0 Å². The number of aromatic nitrogens is 2. The molecule has 1 aromatic rings. The van der Waals surface area contributed by atoms with Crippen molar-refractivity contribution in [2.45, 2.75) is 19.8 Å². The molecule has 2 rings (SSSR count). The number of hydrogen-bond acceptors (Lipinski definition) is 3. The molecule has 0 aliphatic carbocycles. The Morgan fingerprint density at radius 1 is 1.50 bits per heavy atom. The lowest BCUT2D eigenvalue weighted by Crippen LogP contribution is -2.18. The monoisotopic (exact) mass is 167 g/mol. The predicted octanol–water partition coefficient (Wildman–Crippen LogP) is 1.34. The van der Waals surface area contributed by atoms with E-state index in [0.29, 0.717) is 5.92 Å². The van der Waals surface area contributed by atoms with Crippen LogP contribution in [-0.4, -0.2) is 23.3 Å². The van der Waals surface area contributed by atoms with Gasteiger partial charge in [0.05, 0.1) is 6.54 Å². The molecule has 0 spiro atoms. The standard InChI is InChI=1S/C8H13N3O/c1-5(2)6-7-8(11-10-6)9-3-4-12-7/h5H,3-4H2,1-2H3,(H2,9,10,11). The zero-order valence-electron chi connectivity index (χ0n) is 7.35. The third-order valence-corrected chi connectivity index (χ3v) is 1.94. The topological polar surface area (TPSA) is 49.9 Å². The van der Waals surface area contributed by atoms with Crippen LogP contribution in [0.15, 0.2) is 0 Å². The third-order valence-electron chi connectivity index (χ3n) is 1.94. The normalized spacial score (nSPS) is 15.2. The van der Waals surface area contributed by atoms with E-state index in [9.17, 15) is 0 Å². The maximum Gasteiger partial charge on any atom is 0.184 e. The number of H-pyrrole nitrogens is 1. The summed E-state index contributed by atoms with van der Waals surface area (Å²) in [5, 5.41) is 10.3. The Morgan fingerprint density at radius 3 is 3.08 bits per heavy atom. The van der Waals surface area contributed by atoms with Gasteiger partial charge in [-0.3, -0.25) is 5.10 Å². The molecule has 1 aromatic heterocycles. The van der Waals surface area contributed by atoms with Gasteiger partial charge in [0.2, 0.25) is 0 Å².